The van der Waals surface area contributed by atoms with Crippen LogP contribution in [0.2, 0.25) is 0 Å². The number of nitrogens with zero attached hydrogens (tertiary/aromatic N) is 1. The van der Waals surface area contributed by atoms with Gasteiger partial charge in [-0.05, 0) is 43.6 Å². The molecule has 1 aliphatic rings. The number of halogens is 3. The zero-order valence-corrected chi connectivity index (χ0v) is 14.9. The smallest absolute Gasteiger partial charge is 0.341 e. The second-order valence-corrected chi connectivity index (χ2v) is 7.60. The van der Waals surface area contributed by atoms with Gasteiger partial charge in [0.15, 0.2) is 0 Å². The number of nitrogens with one attached hydrogen (secondary N) is 1. The number of alkyl halides is 2. The van der Waals surface area contributed by atoms with Crippen LogP contribution in [0.5, 0.6) is 0 Å². The summed E-state index contributed by atoms with van der Waals surface area (Å²) in [6.07, 6.45) is 1.10. The van der Waals surface area contributed by atoms with Gasteiger partial charge in [-0.3, -0.25) is 4.79 Å². The number of sulfone groups is 1. The number of hydrogen-bond acceptors (Lipinski definition) is 4. The first-order valence-electron chi connectivity index (χ1n) is 7.38. The molecule has 2 rings (SSSR count). The fraction of sp³-hybridized carbons (Fsp3) is 0.533. The van der Waals surface area contributed by atoms with Crippen LogP contribution in [0.1, 0.15) is 12.0 Å². The highest BCUT2D eigenvalue weighted by atomic mass is 35.5. The van der Waals surface area contributed by atoms with Gasteiger partial charge in [0.05, 0.1) is 11.3 Å². The van der Waals surface area contributed by atoms with Crippen LogP contribution in [-0.4, -0.2) is 51.7 Å². The Labute approximate surface area is 146 Å². The maximum Gasteiger partial charge on any atom is 0.341 e. The van der Waals surface area contributed by atoms with Crippen LogP contribution in [0, 0.1) is 5.92 Å². The molecule has 1 amide bonds. The van der Waals surface area contributed by atoms with E-state index in [1.165, 1.54) is 12.1 Å². The average Bonchev–Trinajstić information content (AvgIpc) is 2.97. The van der Waals surface area contributed by atoms with Crippen molar-refractivity contribution in [3.8, 4) is 0 Å². The molecule has 0 bridgehead atoms. The SMILES string of the molecule is CNCC1CCN(C(=O)Cc2ccc(S(=O)(=O)C(F)F)cc2)C1.Cl. The van der Waals surface area contributed by atoms with Crippen LogP contribution in [0.3, 0.4) is 0 Å². The molecular formula is C15H21ClF2N2O3S. The largest absolute Gasteiger partial charge is 0.342 e. The molecule has 136 valence electrons. The van der Waals surface area contributed by atoms with E-state index in [1.807, 2.05) is 7.05 Å². The summed E-state index contributed by atoms with van der Waals surface area (Å²) in [6.45, 7) is 2.28. The second kappa shape index (κ2) is 8.73. The van der Waals surface area contributed by atoms with Crippen molar-refractivity contribution in [1.82, 2.24) is 10.2 Å². The number of carbonyl (C=O) groups is 1. The normalized spacial score (nSPS) is 17.8. The third-order valence-electron chi connectivity index (χ3n) is 3.97. The molecule has 0 aliphatic carbocycles. The first-order chi connectivity index (χ1) is 10.8. The Kier molecular flexibility index (Phi) is 7.56. The summed E-state index contributed by atoms with van der Waals surface area (Å²) in [4.78, 5) is 13.6. The molecule has 0 spiro atoms. The lowest BCUT2D eigenvalue weighted by Gasteiger charge is -2.16. The van der Waals surface area contributed by atoms with Gasteiger partial charge in [-0.1, -0.05) is 12.1 Å². The quantitative estimate of drug-likeness (QED) is 0.813. The van der Waals surface area contributed by atoms with Gasteiger partial charge in [-0.2, -0.15) is 8.78 Å². The zero-order valence-electron chi connectivity index (χ0n) is 13.2. The fourth-order valence-electron chi connectivity index (χ4n) is 2.70. The molecule has 1 aliphatic heterocycles. The van der Waals surface area contributed by atoms with Crippen LogP contribution >= 0.6 is 12.4 Å². The number of amides is 1. The van der Waals surface area contributed by atoms with Crippen molar-refractivity contribution in [2.24, 2.45) is 5.92 Å². The number of rotatable bonds is 6. The standard InChI is InChI=1S/C15H20F2N2O3S.ClH/c1-18-9-12-6-7-19(10-12)14(20)8-11-2-4-13(5-3-11)23(21,22)15(16)17;/h2-5,12,15,18H,6-10H2,1H3;1H. The first-order valence-corrected chi connectivity index (χ1v) is 8.92. The summed E-state index contributed by atoms with van der Waals surface area (Å²) in [5.41, 5.74) is 0.611. The lowest BCUT2D eigenvalue weighted by Crippen LogP contribution is -2.31. The molecule has 0 saturated carbocycles. The molecule has 5 nitrogen and oxygen atoms in total. The molecule has 1 fully saturated rings. The van der Waals surface area contributed by atoms with Gasteiger partial charge >= 0.3 is 5.76 Å². The summed E-state index contributed by atoms with van der Waals surface area (Å²) >= 11 is 0. The Morgan fingerprint density at radius 1 is 1.33 bits per heavy atom. The van der Waals surface area contributed by atoms with Crippen LogP contribution < -0.4 is 5.32 Å². The van der Waals surface area contributed by atoms with E-state index in [-0.39, 0.29) is 24.7 Å². The van der Waals surface area contributed by atoms with Crippen molar-refractivity contribution >= 4 is 28.2 Å². The molecule has 1 aromatic carbocycles. The zero-order chi connectivity index (χ0) is 17.0. The molecule has 1 heterocycles. The molecule has 1 N–H and O–H groups in total. The van der Waals surface area contributed by atoms with Crippen LogP contribution in [0.25, 0.3) is 0 Å². The van der Waals surface area contributed by atoms with Gasteiger partial charge in [-0.25, -0.2) is 8.42 Å². The van der Waals surface area contributed by atoms with E-state index < -0.39 is 20.5 Å². The lowest BCUT2D eigenvalue weighted by molar-refractivity contribution is -0.129. The summed E-state index contributed by atoms with van der Waals surface area (Å²) < 4.78 is 47.6. The molecule has 1 saturated heterocycles. The van der Waals surface area contributed by atoms with Crippen molar-refractivity contribution in [3.63, 3.8) is 0 Å². The van der Waals surface area contributed by atoms with Crippen LogP contribution in [-0.2, 0) is 21.1 Å². The summed E-state index contributed by atoms with van der Waals surface area (Å²) in [6, 6.07) is 5.07. The van der Waals surface area contributed by atoms with Gasteiger partial charge in [0, 0.05) is 13.1 Å². The van der Waals surface area contributed by atoms with E-state index in [0.29, 0.717) is 24.6 Å². The topological polar surface area (TPSA) is 66.5 Å². The molecule has 24 heavy (non-hydrogen) atoms. The van der Waals surface area contributed by atoms with Crippen LogP contribution in [0.15, 0.2) is 29.2 Å². The Morgan fingerprint density at radius 3 is 2.50 bits per heavy atom. The van der Waals surface area contributed by atoms with Gasteiger partial charge in [0.25, 0.3) is 0 Å². The van der Waals surface area contributed by atoms with E-state index in [4.69, 9.17) is 0 Å². The number of hydrogen-bond donors (Lipinski definition) is 1. The molecule has 9 heteroatoms. The van der Waals surface area contributed by atoms with Crippen molar-refractivity contribution < 1.29 is 22.0 Å². The Morgan fingerprint density at radius 2 is 1.96 bits per heavy atom. The minimum atomic E-state index is -4.59. The van der Waals surface area contributed by atoms with E-state index in [9.17, 15) is 22.0 Å². The molecule has 1 atom stereocenters. The molecule has 1 aromatic rings. The van der Waals surface area contributed by atoms with Gasteiger partial charge in [0.2, 0.25) is 15.7 Å². The monoisotopic (exact) mass is 382 g/mol. The van der Waals surface area contributed by atoms with Crippen LogP contribution in [0.4, 0.5) is 8.78 Å². The van der Waals surface area contributed by atoms with Gasteiger partial charge in [0.1, 0.15) is 0 Å². The molecule has 0 aromatic heterocycles. The Balaban J connectivity index is 0.00000288. The molecule has 0 radical (unpaired) electrons. The average molecular weight is 383 g/mol. The highest BCUT2D eigenvalue weighted by Crippen LogP contribution is 2.20. The Bertz CT molecular complexity index is 653. The highest BCUT2D eigenvalue weighted by molar-refractivity contribution is 7.91. The predicted octanol–water partition coefficient (Wildman–Crippen LogP) is 1.72. The van der Waals surface area contributed by atoms with E-state index >= 15 is 0 Å². The lowest BCUT2D eigenvalue weighted by atomic mass is 10.1. The molecule has 1 unspecified atom stereocenters. The third kappa shape index (κ3) is 4.87. The number of carbonyl (C=O) groups excluding carboxylic acids is 1. The number of benzene rings is 1. The van der Waals surface area contributed by atoms with E-state index in [0.717, 1.165) is 25.1 Å². The summed E-state index contributed by atoms with van der Waals surface area (Å²) in [5, 5.41) is 3.09. The van der Waals surface area contributed by atoms with Crippen molar-refractivity contribution in [1.29, 1.82) is 0 Å². The van der Waals surface area contributed by atoms with Crippen molar-refractivity contribution in [2.45, 2.75) is 23.5 Å². The molecular weight excluding hydrogens is 362 g/mol. The first kappa shape index (κ1) is 20.8. The van der Waals surface area contributed by atoms with Crippen molar-refractivity contribution in [3.05, 3.63) is 29.8 Å². The minimum Gasteiger partial charge on any atom is -0.342 e. The van der Waals surface area contributed by atoms with E-state index in [1.54, 1.807) is 4.90 Å². The van der Waals surface area contributed by atoms with Gasteiger partial charge in [-0.15, -0.1) is 12.4 Å². The fourth-order valence-corrected chi connectivity index (χ4v) is 3.42. The second-order valence-electron chi connectivity index (χ2n) is 5.68. The maximum absolute atomic E-state index is 12.5. The van der Waals surface area contributed by atoms with Gasteiger partial charge < -0.3 is 10.2 Å². The summed E-state index contributed by atoms with van der Waals surface area (Å²) in [5.74, 6) is -3.03. The minimum absolute atomic E-state index is 0. The summed E-state index contributed by atoms with van der Waals surface area (Å²) in [7, 11) is -2.71. The maximum atomic E-state index is 12.5. The predicted molar refractivity (Wildman–Crippen MR) is 89.2 cm³/mol. The van der Waals surface area contributed by atoms with E-state index in [2.05, 4.69) is 5.32 Å². The van der Waals surface area contributed by atoms with Crippen molar-refractivity contribution in [2.75, 3.05) is 26.7 Å². The Hall–Kier alpha value is -1.25. The third-order valence-corrected chi connectivity index (χ3v) is 5.37. The number of likely N-dealkylation sites (tertiary alicyclic amines) is 1. The highest BCUT2D eigenvalue weighted by Gasteiger charge is 2.27.